The number of carbonyl (C=O) groups is 2. The average Bonchev–Trinajstić information content (AvgIpc) is 3.06. The van der Waals surface area contributed by atoms with Gasteiger partial charge in [0.2, 0.25) is 5.91 Å². The fraction of sp³-hybridized carbons (Fsp3) is 0.312. The summed E-state index contributed by atoms with van der Waals surface area (Å²) in [5.41, 5.74) is 5.69. The summed E-state index contributed by atoms with van der Waals surface area (Å²) < 4.78 is 48.2. The van der Waals surface area contributed by atoms with Crippen LogP contribution in [0.2, 0.25) is 0 Å². The summed E-state index contributed by atoms with van der Waals surface area (Å²) >= 11 is 0. The molecule has 132 valence electrons. The van der Waals surface area contributed by atoms with Gasteiger partial charge in [-0.05, 0) is 18.1 Å². The number of esters is 1. The van der Waals surface area contributed by atoms with Gasteiger partial charge in [0, 0.05) is 6.42 Å². The highest BCUT2D eigenvalue weighted by Gasteiger charge is 2.44. The SMILES string of the molecule is Cc1noc(C(F)(F)F)c1C(=O)OC1Cc2ccccc2C1C(N)=O. The van der Waals surface area contributed by atoms with Crippen LogP contribution in [0.1, 0.15) is 38.9 Å². The van der Waals surface area contributed by atoms with Gasteiger partial charge in [-0.25, -0.2) is 4.79 Å². The van der Waals surface area contributed by atoms with Gasteiger partial charge in [0.25, 0.3) is 5.76 Å². The zero-order valence-corrected chi connectivity index (χ0v) is 13.0. The van der Waals surface area contributed by atoms with Crippen molar-refractivity contribution in [2.24, 2.45) is 5.73 Å². The van der Waals surface area contributed by atoms with E-state index >= 15 is 0 Å². The molecule has 0 aliphatic heterocycles. The van der Waals surface area contributed by atoms with Gasteiger partial charge in [0.05, 0.1) is 5.69 Å². The molecule has 2 aromatic rings. The lowest BCUT2D eigenvalue weighted by Gasteiger charge is -2.18. The summed E-state index contributed by atoms with van der Waals surface area (Å²) in [4.78, 5) is 24.1. The van der Waals surface area contributed by atoms with E-state index in [0.717, 1.165) is 5.56 Å². The van der Waals surface area contributed by atoms with Gasteiger partial charge in [-0.2, -0.15) is 13.2 Å². The topological polar surface area (TPSA) is 95.4 Å². The Labute approximate surface area is 139 Å². The highest BCUT2D eigenvalue weighted by atomic mass is 19.4. The van der Waals surface area contributed by atoms with Crippen LogP contribution in [-0.4, -0.2) is 23.1 Å². The Morgan fingerprint density at radius 1 is 1.32 bits per heavy atom. The summed E-state index contributed by atoms with van der Waals surface area (Å²) in [5.74, 6) is -4.42. The van der Waals surface area contributed by atoms with Crippen LogP contribution in [0.4, 0.5) is 13.2 Å². The van der Waals surface area contributed by atoms with Crippen LogP contribution < -0.4 is 5.73 Å². The molecule has 0 fully saturated rings. The number of amides is 1. The van der Waals surface area contributed by atoms with Crippen LogP contribution in [0.5, 0.6) is 0 Å². The first kappa shape index (κ1) is 17.0. The van der Waals surface area contributed by atoms with Crippen molar-refractivity contribution in [3.05, 3.63) is 52.4 Å². The molecular weight excluding hydrogens is 341 g/mol. The van der Waals surface area contributed by atoms with Crippen molar-refractivity contribution in [2.75, 3.05) is 0 Å². The summed E-state index contributed by atoms with van der Waals surface area (Å²) in [6.07, 6.45) is -5.70. The number of rotatable bonds is 3. The quantitative estimate of drug-likeness (QED) is 0.854. The van der Waals surface area contributed by atoms with Gasteiger partial charge < -0.3 is 15.0 Å². The number of nitrogens with two attached hydrogens (primary N) is 1. The molecule has 3 rings (SSSR count). The summed E-state index contributed by atoms with van der Waals surface area (Å²) in [6, 6.07) is 6.85. The summed E-state index contributed by atoms with van der Waals surface area (Å²) in [5, 5.41) is 3.18. The Hall–Kier alpha value is -2.84. The molecule has 0 saturated heterocycles. The molecule has 2 unspecified atom stereocenters. The van der Waals surface area contributed by atoms with Gasteiger partial charge in [0.1, 0.15) is 17.6 Å². The molecule has 1 aliphatic carbocycles. The van der Waals surface area contributed by atoms with E-state index in [4.69, 9.17) is 10.5 Å². The van der Waals surface area contributed by atoms with E-state index in [-0.39, 0.29) is 12.1 Å². The van der Waals surface area contributed by atoms with E-state index in [1.807, 2.05) is 0 Å². The number of ether oxygens (including phenoxy) is 1. The Bertz CT molecular complexity index is 844. The number of fused-ring (bicyclic) bond motifs is 1. The monoisotopic (exact) mass is 354 g/mol. The fourth-order valence-corrected chi connectivity index (χ4v) is 3.00. The number of alkyl halides is 3. The second-order valence-electron chi connectivity index (χ2n) is 5.70. The zero-order chi connectivity index (χ0) is 18.4. The molecule has 6 nitrogen and oxygen atoms in total. The number of halogens is 3. The van der Waals surface area contributed by atoms with Crippen molar-refractivity contribution in [2.45, 2.75) is 31.5 Å². The highest BCUT2D eigenvalue weighted by molar-refractivity contribution is 5.93. The molecule has 25 heavy (non-hydrogen) atoms. The number of hydrogen-bond acceptors (Lipinski definition) is 5. The Morgan fingerprint density at radius 3 is 2.64 bits per heavy atom. The zero-order valence-electron chi connectivity index (χ0n) is 13.0. The van der Waals surface area contributed by atoms with Crippen LogP contribution in [0, 0.1) is 6.92 Å². The number of benzene rings is 1. The van der Waals surface area contributed by atoms with Crippen molar-refractivity contribution in [3.8, 4) is 0 Å². The molecule has 1 aromatic carbocycles. The minimum atomic E-state index is -4.89. The van der Waals surface area contributed by atoms with Gasteiger partial charge in [0.15, 0.2) is 0 Å². The van der Waals surface area contributed by atoms with E-state index in [2.05, 4.69) is 9.68 Å². The maximum Gasteiger partial charge on any atom is 0.453 e. The maximum absolute atomic E-state index is 12.9. The third kappa shape index (κ3) is 2.97. The first-order valence-electron chi connectivity index (χ1n) is 7.31. The third-order valence-corrected chi connectivity index (χ3v) is 4.07. The molecule has 2 N–H and O–H groups in total. The lowest BCUT2D eigenvalue weighted by atomic mass is 9.99. The van der Waals surface area contributed by atoms with Crippen molar-refractivity contribution in [1.29, 1.82) is 0 Å². The van der Waals surface area contributed by atoms with Gasteiger partial charge in [-0.1, -0.05) is 29.4 Å². The Kier molecular flexibility index (Phi) is 4.02. The van der Waals surface area contributed by atoms with Crippen molar-refractivity contribution >= 4 is 11.9 Å². The molecule has 1 aromatic heterocycles. The summed E-state index contributed by atoms with van der Waals surface area (Å²) in [6.45, 7) is 1.20. The predicted molar refractivity (Wildman–Crippen MR) is 77.5 cm³/mol. The lowest BCUT2D eigenvalue weighted by Crippen LogP contribution is -2.32. The normalized spacial score (nSPS) is 19.5. The van der Waals surface area contributed by atoms with Gasteiger partial charge in [-0.15, -0.1) is 0 Å². The maximum atomic E-state index is 12.9. The number of nitrogens with zero attached hydrogens (tertiary/aromatic N) is 1. The first-order chi connectivity index (χ1) is 11.7. The van der Waals surface area contributed by atoms with Crippen LogP contribution in [-0.2, 0) is 22.1 Å². The molecule has 0 radical (unpaired) electrons. The highest BCUT2D eigenvalue weighted by Crippen LogP contribution is 2.37. The van der Waals surface area contributed by atoms with Crippen LogP contribution in [0.3, 0.4) is 0 Å². The molecular formula is C16H13F3N2O4. The minimum Gasteiger partial charge on any atom is -0.457 e. The third-order valence-electron chi connectivity index (χ3n) is 4.07. The minimum absolute atomic E-state index is 0.182. The predicted octanol–water partition coefficient (Wildman–Crippen LogP) is 2.35. The first-order valence-corrected chi connectivity index (χ1v) is 7.31. The van der Waals surface area contributed by atoms with Gasteiger partial charge in [-0.3, -0.25) is 4.79 Å². The van der Waals surface area contributed by atoms with Gasteiger partial charge >= 0.3 is 12.1 Å². The largest absolute Gasteiger partial charge is 0.457 e. The number of carbonyl (C=O) groups excluding carboxylic acids is 2. The van der Waals surface area contributed by atoms with E-state index in [1.54, 1.807) is 24.3 Å². The summed E-state index contributed by atoms with van der Waals surface area (Å²) in [7, 11) is 0. The number of primary amides is 1. The molecule has 1 aliphatic rings. The molecule has 0 bridgehead atoms. The number of hydrogen-bond donors (Lipinski definition) is 1. The van der Waals surface area contributed by atoms with Crippen molar-refractivity contribution < 1.29 is 32.0 Å². The molecule has 0 saturated carbocycles. The Balaban J connectivity index is 1.90. The van der Waals surface area contributed by atoms with Crippen LogP contribution >= 0.6 is 0 Å². The van der Waals surface area contributed by atoms with Crippen molar-refractivity contribution in [1.82, 2.24) is 5.16 Å². The van der Waals surface area contributed by atoms with E-state index < -0.39 is 41.4 Å². The molecule has 9 heteroatoms. The van der Waals surface area contributed by atoms with Crippen LogP contribution in [0.15, 0.2) is 28.8 Å². The van der Waals surface area contributed by atoms with E-state index in [9.17, 15) is 22.8 Å². The van der Waals surface area contributed by atoms with Crippen molar-refractivity contribution in [3.63, 3.8) is 0 Å². The number of aromatic nitrogens is 1. The average molecular weight is 354 g/mol. The standard InChI is InChI=1S/C16H13F3N2O4/c1-7-11(13(25-21-7)16(17,18)19)15(23)24-10-6-8-4-2-3-5-9(8)12(10)14(20)22/h2-5,10,12H,6H2,1H3,(H2,20,22). The lowest BCUT2D eigenvalue weighted by molar-refractivity contribution is -0.156. The fourth-order valence-electron chi connectivity index (χ4n) is 3.00. The molecule has 0 spiro atoms. The number of aryl methyl sites for hydroxylation is 1. The molecule has 2 atom stereocenters. The molecule has 1 heterocycles. The Morgan fingerprint density at radius 2 is 2.00 bits per heavy atom. The second-order valence-corrected chi connectivity index (χ2v) is 5.70. The second kappa shape index (κ2) is 5.91. The van der Waals surface area contributed by atoms with E-state index in [1.165, 1.54) is 6.92 Å². The smallest absolute Gasteiger partial charge is 0.453 e. The molecule has 1 amide bonds. The van der Waals surface area contributed by atoms with E-state index in [0.29, 0.717) is 5.56 Å². The van der Waals surface area contributed by atoms with Crippen LogP contribution in [0.25, 0.3) is 0 Å².